The van der Waals surface area contributed by atoms with Crippen molar-refractivity contribution in [1.29, 1.82) is 5.41 Å². The van der Waals surface area contributed by atoms with E-state index >= 15 is 0 Å². The van der Waals surface area contributed by atoms with E-state index in [-0.39, 0.29) is 6.61 Å². The SMILES string of the molecule is N=CN(C(=O)OCc1ccccc1)c1ccc(OCCCBr)cc1. The van der Waals surface area contributed by atoms with Gasteiger partial charge in [-0.05, 0) is 36.2 Å². The van der Waals surface area contributed by atoms with Crippen molar-refractivity contribution in [2.75, 3.05) is 16.8 Å². The summed E-state index contributed by atoms with van der Waals surface area (Å²) in [7, 11) is 0. The maximum atomic E-state index is 12.2. The zero-order valence-corrected chi connectivity index (χ0v) is 14.7. The molecule has 2 aromatic carbocycles. The molecule has 0 spiro atoms. The van der Waals surface area contributed by atoms with E-state index in [9.17, 15) is 4.79 Å². The number of amides is 1. The molecule has 126 valence electrons. The van der Waals surface area contributed by atoms with E-state index in [0.29, 0.717) is 12.3 Å². The molecule has 0 heterocycles. The fourth-order valence-corrected chi connectivity index (χ4v) is 2.20. The number of alkyl halides is 1. The van der Waals surface area contributed by atoms with E-state index in [4.69, 9.17) is 14.9 Å². The number of nitrogens with one attached hydrogen (secondary N) is 1. The molecule has 0 atom stereocenters. The third-order valence-corrected chi connectivity index (χ3v) is 3.75. The van der Waals surface area contributed by atoms with Crippen molar-refractivity contribution in [2.45, 2.75) is 13.0 Å². The molecule has 0 aliphatic rings. The molecule has 0 unspecified atom stereocenters. The van der Waals surface area contributed by atoms with Crippen LogP contribution in [-0.4, -0.2) is 24.4 Å². The molecule has 0 saturated carbocycles. The summed E-state index contributed by atoms with van der Waals surface area (Å²) in [5, 5.41) is 8.35. The van der Waals surface area contributed by atoms with Crippen LogP contribution in [0.15, 0.2) is 54.6 Å². The van der Waals surface area contributed by atoms with Crippen LogP contribution in [-0.2, 0) is 11.3 Å². The first-order valence-electron chi connectivity index (χ1n) is 7.54. The van der Waals surface area contributed by atoms with Gasteiger partial charge >= 0.3 is 6.09 Å². The standard InChI is InChI=1S/C18H19BrN2O3/c19-11-4-12-23-17-9-7-16(8-10-17)21(14-20)18(22)24-13-15-5-2-1-3-6-15/h1-3,5-10,14,20H,4,11-13H2. The van der Waals surface area contributed by atoms with Gasteiger partial charge < -0.3 is 9.47 Å². The number of anilines is 1. The van der Waals surface area contributed by atoms with Crippen LogP contribution in [0.2, 0.25) is 0 Å². The van der Waals surface area contributed by atoms with Crippen molar-refractivity contribution >= 4 is 34.0 Å². The first-order chi connectivity index (χ1) is 11.7. The summed E-state index contributed by atoms with van der Waals surface area (Å²) in [6.45, 7) is 0.787. The van der Waals surface area contributed by atoms with E-state index < -0.39 is 6.09 Å². The topological polar surface area (TPSA) is 62.6 Å². The van der Waals surface area contributed by atoms with Crippen molar-refractivity contribution in [3.05, 3.63) is 60.2 Å². The normalized spacial score (nSPS) is 10.0. The minimum Gasteiger partial charge on any atom is -0.494 e. The Morgan fingerprint density at radius 1 is 1.12 bits per heavy atom. The quantitative estimate of drug-likeness (QED) is 0.310. The molecule has 0 aliphatic carbocycles. The van der Waals surface area contributed by atoms with Gasteiger partial charge in [-0.1, -0.05) is 46.3 Å². The van der Waals surface area contributed by atoms with Crippen LogP contribution in [0, 0.1) is 5.41 Å². The van der Waals surface area contributed by atoms with Gasteiger partial charge in [-0.25, -0.2) is 9.69 Å². The molecule has 1 N–H and O–H groups in total. The van der Waals surface area contributed by atoms with E-state index in [2.05, 4.69) is 15.9 Å². The van der Waals surface area contributed by atoms with Crippen molar-refractivity contribution in [2.24, 2.45) is 0 Å². The average molecular weight is 391 g/mol. The summed E-state index contributed by atoms with van der Waals surface area (Å²) in [5.41, 5.74) is 1.45. The summed E-state index contributed by atoms with van der Waals surface area (Å²) >= 11 is 3.35. The first kappa shape index (κ1) is 18.0. The van der Waals surface area contributed by atoms with Crippen LogP contribution in [0.3, 0.4) is 0 Å². The predicted molar refractivity (Wildman–Crippen MR) is 98.2 cm³/mol. The van der Waals surface area contributed by atoms with Crippen molar-refractivity contribution in [1.82, 2.24) is 0 Å². The summed E-state index contributed by atoms with van der Waals surface area (Å²) in [6, 6.07) is 16.4. The molecule has 1 amide bonds. The lowest BCUT2D eigenvalue weighted by atomic mass is 10.2. The lowest BCUT2D eigenvalue weighted by molar-refractivity contribution is 0.151. The van der Waals surface area contributed by atoms with E-state index in [0.717, 1.165) is 34.3 Å². The lowest BCUT2D eigenvalue weighted by Gasteiger charge is -2.17. The fourth-order valence-electron chi connectivity index (χ4n) is 1.97. The lowest BCUT2D eigenvalue weighted by Crippen LogP contribution is -2.29. The summed E-state index contributed by atoms with van der Waals surface area (Å²) in [4.78, 5) is 13.3. The van der Waals surface area contributed by atoms with Gasteiger partial charge in [0.1, 0.15) is 12.4 Å². The molecule has 0 bridgehead atoms. The number of ether oxygens (including phenoxy) is 2. The Morgan fingerprint density at radius 3 is 2.46 bits per heavy atom. The second-order valence-electron chi connectivity index (χ2n) is 4.92. The molecular formula is C18H19BrN2O3. The van der Waals surface area contributed by atoms with Gasteiger partial charge in [-0.2, -0.15) is 0 Å². The van der Waals surface area contributed by atoms with Crippen LogP contribution >= 0.6 is 15.9 Å². The summed E-state index contributed by atoms with van der Waals surface area (Å²) in [6.07, 6.45) is 1.26. The van der Waals surface area contributed by atoms with Crippen molar-refractivity contribution < 1.29 is 14.3 Å². The van der Waals surface area contributed by atoms with Crippen molar-refractivity contribution in [3.63, 3.8) is 0 Å². The molecule has 0 aliphatic heterocycles. The molecule has 0 fully saturated rings. The third kappa shape index (κ3) is 5.38. The number of carbonyl (C=O) groups excluding carboxylic acids is 1. The number of hydrogen-bond acceptors (Lipinski definition) is 4. The largest absolute Gasteiger partial charge is 0.494 e. The van der Waals surface area contributed by atoms with Crippen molar-refractivity contribution in [3.8, 4) is 5.75 Å². The van der Waals surface area contributed by atoms with E-state index in [1.165, 1.54) is 0 Å². The number of halogens is 1. The molecular weight excluding hydrogens is 372 g/mol. The van der Waals surface area contributed by atoms with Crippen LogP contribution in [0.4, 0.5) is 10.5 Å². The monoisotopic (exact) mass is 390 g/mol. The number of hydrogen-bond donors (Lipinski definition) is 1. The number of benzene rings is 2. The predicted octanol–water partition coefficient (Wildman–Crippen LogP) is 4.60. The molecule has 0 saturated heterocycles. The minimum atomic E-state index is -0.596. The molecule has 6 heteroatoms. The molecule has 24 heavy (non-hydrogen) atoms. The van der Waals surface area contributed by atoms with Gasteiger partial charge in [0.05, 0.1) is 18.6 Å². The Labute approximate surface area is 149 Å². The average Bonchev–Trinajstić information content (AvgIpc) is 2.63. The maximum Gasteiger partial charge on any atom is 0.420 e. The minimum absolute atomic E-state index is 0.164. The van der Waals surface area contributed by atoms with Gasteiger partial charge in [-0.3, -0.25) is 5.41 Å². The third-order valence-electron chi connectivity index (χ3n) is 3.19. The maximum absolute atomic E-state index is 12.2. The number of nitrogens with zero attached hydrogens (tertiary/aromatic N) is 1. The molecule has 0 aromatic heterocycles. The first-order valence-corrected chi connectivity index (χ1v) is 8.66. The second-order valence-corrected chi connectivity index (χ2v) is 5.72. The highest BCUT2D eigenvalue weighted by Crippen LogP contribution is 2.20. The second kappa shape index (κ2) is 9.72. The van der Waals surface area contributed by atoms with Crippen LogP contribution in [0.5, 0.6) is 5.75 Å². The Kier molecular flexibility index (Phi) is 7.29. The molecule has 2 aromatic rings. The molecule has 0 radical (unpaired) electrons. The van der Waals surface area contributed by atoms with Gasteiger partial charge in [0, 0.05) is 5.33 Å². The van der Waals surface area contributed by atoms with E-state index in [1.54, 1.807) is 24.3 Å². The van der Waals surface area contributed by atoms with Crippen LogP contribution < -0.4 is 9.64 Å². The Bertz CT molecular complexity index is 647. The fraction of sp³-hybridized carbons (Fsp3) is 0.222. The van der Waals surface area contributed by atoms with Gasteiger partial charge in [0.15, 0.2) is 0 Å². The number of rotatable bonds is 8. The highest BCUT2D eigenvalue weighted by Gasteiger charge is 2.15. The smallest absolute Gasteiger partial charge is 0.420 e. The Balaban J connectivity index is 1.94. The number of carbonyl (C=O) groups is 1. The zero-order chi connectivity index (χ0) is 17.2. The van der Waals surface area contributed by atoms with Gasteiger partial charge in [0.25, 0.3) is 0 Å². The van der Waals surface area contributed by atoms with E-state index in [1.807, 2.05) is 30.3 Å². The van der Waals surface area contributed by atoms with Crippen LogP contribution in [0.1, 0.15) is 12.0 Å². The van der Waals surface area contributed by atoms with Crippen LogP contribution in [0.25, 0.3) is 0 Å². The zero-order valence-electron chi connectivity index (χ0n) is 13.2. The summed E-state index contributed by atoms with van der Waals surface area (Å²) in [5.74, 6) is 0.724. The molecule has 2 rings (SSSR count). The highest BCUT2D eigenvalue weighted by atomic mass is 79.9. The Hall–Kier alpha value is -2.34. The highest BCUT2D eigenvalue weighted by molar-refractivity contribution is 9.09. The summed E-state index contributed by atoms with van der Waals surface area (Å²) < 4.78 is 10.8. The van der Waals surface area contributed by atoms with Gasteiger partial charge in [0.2, 0.25) is 0 Å². The van der Waals surface area contributed by atoms with Gasteiger partial charge in [-0.15, -0.1) is 0 Å². The molecule has 5 nitrogen and oxygen atoms in total. The Morgan fingerprint density at radius 2 is 1.83 bits per heavy atom.